The van der Waals surface area contributed by atoms with E-state index in [4.69, 9.17) is 13.9 Å². The summed E-state index contributed by atoms with van der Waals surface area (Å²) in [7, 11) is 1.54. The molecule has 2 aromatic rings. The minimum Gasteiger partial charge on any atom is -0.507 e. The molecule has 0 spiro atoms. The summed E-state index contributed by atoms with van der Waals surface area (Å²) in [4.78, 5) is 11.5. The Morgan fingerprint density at radius 2 is 2.14 bits per heavy atom. The number of phenols is 1. The first kappa shape index (κ1) is 14.9. The van der Waals surface area contributed by atoms with Gasteiger partial charge in [-0.2, -0.15) is 0 Å². The number of nitrogens with zero attached hydrogens (tertiary/aromatic N) is 2. The zero-order chi connectivity index (χ0) is 15.1. The Labute approximate surface area is 120 Å². The third-order valence-electron chi connectivity index (χ3n) is 2.47. The van der Waals surface area contributed by atoms with Crippen molar-refractivity contribution in [3.63, 3.8) is 0 Å². The molecule has 1 heterocycles. The minimum absolute atomic E-state index is 0.0157. The highest BCUT2D eigenvalue weighted by atomic mass is 16.5. The van der Waals surface area contributed by atoms with Gasteiger partial charge >= 0.3 is 6.01 Å². The molecule has 0 saturated heterocycles. The Bertz CT molecular complexity index is 599. The van der Waals surface area contributed by atoms with Gasteiger partial charge in [-0.1, -0.05) is 17.2 Å². The summed E-state index contributed by atoms with van der Waals surface area (Å²) in [5, 5.41) is 19.5. The maximum absolute atomic E-state index is 11.5. The largest absolute Gasteiger partial charge is 0.507 e. The molecule has 2 rings (SSSR count). The van der Waals surface area contributed by atoms with E-state index in [1.54, 1.807) is 25.3 Å². The number of aromatic nitrogens is 2. The van der Waals surface area contributed by atoms with Crippen LogP contribution >= 0.6 is 0 Å². The number of hydrogen-bond acceptors (Lipinski definition) is 7. The number of carbonyl (C=O) groups is 1. The SMILES string of the molecule is COCCOCC(=O)Nc1nnc(-c2ccccc2O)o1. The summed E-state index contributed by atoms with van der Waals surface area (Å²) >= 11 is 0. The van der Waals surface area contributed by atoms with Gasteiger partial charge in [0.05, 0.1) is 18.8 Å². The molecule has 1 aromatic heterocycles. The van der Waals surface area contributed by atoms with Crippen molar-refractivity contribution in [3.8, 4) is 17.2 Å². The first-order valence-electron chi connectivity index (χ1n) is 6.19. The number of amides is 1. The van der Waals surface area contributed by atoms with Crippen molar-refractivity contribution >= 4 is 11.9 Å². The summed E-state index contributed by atoms with van der Waals surface area (Å²) in [6, 6.07) is 6.47. The third-order valence-corrected chi connectivity index (χ3v) is 2.47. The third kappa shape index (κ3) is 4.26. The first-order chi connectivity index (χ1) is 10.2. The van der Waals surface area contributed by atoms with Crippen LogP contribution in [0, 0.1) is 0 Å². The van der Waals surface area contributed by atoms with Gasteiger partial charge in [0.2, 0.25) is 0 Å². The zero-order valence-electron chi connectivity index (χ0n) is 11.4. The Hall–Kier alpha value is -2.45. The van der Waals surface area contributed by atoms with Crippen molar-refractivity contribution in [1.82, 2.24) is 10.2 Å². The summed E-state index contributed by atoms with van der Waals surface area (Å²) in [6.07, 6.45) is 0. The normalized spacial score (nSPS) is 10.5. The number of ether oxygens (including phenoxy) is 2. The molecule has 8 heteroatoms. The Kier molecular flexibility index (Phi) is 5.24. The maximum Gasteiger partial charge on any atom is 0.322 e. The Morgan fingerprint density at radius 3 is 2.90 bits per heavy atom. The van der Waals surface area contributed by atoms with Crippen LogP contribution in [-0.2, 0) is 14.3 Å². The van der Waals surface area contributed by atoms with Crippen molar-refractivity contribution in [2.75, 3.05) is 32.2 Å². The van der Waals surface area contributed by atoms with Crippen LogP contribution in [0.1, 0.15) is 0 Å². The number of phenolic OH excluding ortho intramolecular Hbond substituents is 1. The Morgan fingerprint density at radius 1 is 1.33 bits per heavy atom. The highest BCUT2D eigenvalue weighted by Gasteiger charge is 2.13. The molecule has 21 heavy (non-hydrogen) atoms. The lowest BCUT2D eigenvalue weighted by molar-refractivity contribution is -0.121. The van der Waals surface area contributed by atoms with E-state index in [0.717, 1.165) is 0 Å². The van der Waals surface area contributed by atoms with Gasteiger partial charge in [-0.3, -0.25) is 10.1 Å². The summed E-state index contributed by atoms with van der Waals surface area (Å²) in [5.41, 5.74) is 0.391. The van der Waals surface area contributed by atoms with Gasteiger partial charge < -0.3 is 19.0 Å². The predicted molar refractivity (Wildman–Crippen MR) is 72.7 cm³/mol. The molecule has 112 valence electrons. The van der Waals surface area contributed by atoms with E-state index in [-0.39, 0.29) is 24.3 Å². The lowest BCUT2D eigenvalue weighted by Crippen LogP contribution is -2.19. The van der Waals surface area contributed by atoms with Gasteiger partial charge in [-0.15, -0.1) is 5.10 Å². The number of nitrogens with one attached hydrogen (secondary N) is 1. The van der Waals surface area contributed by atoms with E-state index < -0.39 is 5.91 Å². The van der Waals surface area contributed by atoms with Crippen molar-refractivity contribution in [1.29, 1.82) is 0 Å². The lowest BCUT2D eigenvalue weighted by Gasteiger charge is -2.02. The van der Waals surface area contributed by atoms with E-state index in [2.05, 4.69) is 15.5 Å². The second-order valence-corrected chi connectivity index (χ2v) is 4.02. The second-order valence-electron chi connectivity index (χ2n) is 4.02. The summed E-state index contributed by atoms with van der Waals surface area (Å²) < 4.78 is 15.1. The number of hydrogen-bond donors (Lipinski definition) is 2. The number of rotatable bonds is 7. The van der Waals surface area contributed by atoms with E-state index in [0.29, 0.717) is 18.8 Å². The molecule has 0 radical (unpaired) electrons. The molecule has 0 aliphatic carbocycles. The van der Waals surface area contributed by atoms with Crippen LogP contribution in [0.4, 0.5) is 6.01 Å². The molecule has 8 nitrogen and oxygen atoms in total. The molecule has 1 aromatic carbocycles. The number of anilines is 1. The van der Waals surface area contributed by atoms with Gasteiger partial charge in [0, 0.05) is 7.11 Å². The zero-order valence-corrected chi connectivity index (χ0v) is 11.4. The van der Waals surface area contributed by atoms with E-state index in [9.17, 15) is 9.90 Å². The van der Waals surface area contributed by atoms with Gasteiger partial charge in [0.25, 0.3) is 11.8 Å². The van der Waals surface area contributed by atoms with E-state index in [1.807, 2.05) is 0 Å². The molecule has 1 amide bonds. The topological polar surface area (TPSA) is 107 Å². The van der Waals surface area contributed by atoms with Crippen molar-refractivity contribution in [3.05, 3.63) is 24.3 Å². The predicted octanol–water partition coefficient (Wildman–Crippen LogP) is 1.04. The lowest BCUT2D eigenvalue weighted by atomic mass is 10.2. The molecule has 0 aliphatic rings. The number of methoxy groups -OCH3 is 1. The molecule has 0 aliphatic heterocycles. The van der Waals surface area contributed by atoms with Crippen LogP contribution < -0.4 is 5.32 Å². The number of carbonyl (C=O) groups excluding carboxylic acids is 1. The molecular formula is C13H15N3O5. The molecule has 0 bridgehead atoms. The molecule has 0 saturated carbocycles. The minimum atomic E-state index is -0.418. The fraction of sp³-hybridized carbons (Fsp3) is 0.308. The van der Waals surface area contributed by atoms with Crippen molar-refractivity contribution in [2.45, 2.75) is 0 Å². The molecule has 0 fully saturated rings. The summed E-state index contributed by atoms with van der Waals surface area (Å²) in [6.45, 7) is 0.583. The fourth-order valence-corrected chi connectivity index (χ4v) is 1.50. The highest BCUT2D eigenvalue weighted by Crippen LogP contribution is 2.28. The van der Waals surface area contributed by atoms with Gasteiger partial charge in [-0.25, -0.2) is 0 Å². The van der Waals surface area contributed by atoms with Crippen molar-refractivity contribution < 1.29 is 23.8 Å². The van der Waals surface area contributed by atoms with Crippen LogP contribution in [-0.4, -0.2) is 48.1 Å². The van der Waals surface area contributed by atoms with E-state index >= 15 is 0 Å². The van der Waals surface area contributed by atoms with Crippen LogP contribution in [0.25, 0.3) is 11.5 Å². The Balaban J connectivity index is 1.91. The highest BCUT2D eigenvalue weighted by molar-refractivity contribution is 5.89. The number of para-hydroxylation sites is 1. The van der Waals surface area contributed by atoms with Gasteiger partial charge in [0.1, 0.15) is 12.4 Å². The summed E-state index contributed by atoms with van der Waals surface area (Å²) in [5.74, 6) is -0.288. The van der Waals surface area contributed by atoms with E-state index in [1.165, 1.54) is 6.07 Å². The molecular weight excluding hydrogens is 278 g/mol. The standard InChI is InChI=1S/C13H15N3O5/c1-19-6-7-20-8-11(18)14-13-16-15-12(21-13)9-4-2-3-5-10(9)17/h2-5,17H,6-8H2,1H3,(H,14,16,18). The monoisotopic (exact) mass is 293 g/mol. The molecule has 0 atom stereocenters. The number of benzene rings is 1. The smallest absolute Gasteiger partial charge is 0.322 e. The quantitative estimate of drug-likeness (QED) is 0.734. The van der Waals surface area contributed by atoms with Crippen molar-refractivity contribution in [2.24, 2.45) is 0 Å². The maximum atomic E-state index is 11.5. The van der Waals surface area contributed by atoms with Gasteiger partial charge in [0.15, 0.2) is 0 Å². The molecule has 2 N–H and O–H groups in total. The first-order valence-corrected chi connectivity index (χ1v) is 6.19. The van der Waals surface area contributed by atoms with Crippen LogP contribution in [0.2, 0.25) is 0 Å². The average molecular weight is 293 g/mol. The second kappa shape index (κ2) is 7.36. The van der Waals surface area contributed by atoms with Crippen LogP contribution in [0.15, 0.2) is 28.7 Å². The van der Waals surface area contributed by atoms with Crippen LogP contribution in [0.5, 0.6) is 5.75 Å². The van der Waals surface area contributed by atoms with Gasteiger partial charge in [-0.05, 0) is 12.1 Å². The fourth-order valence-electron chi connectivity index (χ4n) is 1.50. The van der Waals surface area contributed by atoms with Crippen LogP contribution in [0.3, 0.4) is 0 Å². The number of aromatic hydroxyl groups is 1. The molecule has 0 unspecified atom stereocenters. The average Bonchev–Trinajstić information content (AvgIpc) is 2.92.